The van der Waals surface area contributed by atoms with Gasteiger partial charge in [-0.15, -0.1) is 0 Å². The maximum absolute atomic E-state index is 10.0. The minimum atomic E-state index is -0.486. The molecule has 0 heterocycles. The van der Waals surface area contributed by atoms with Gasteiger partial charge in [0, 0.05) is 12.6 Å². The van der Waals surface area contributed by atoms with Crippen molar-refractivity contribution in [1.82, 2.24) is 5.32 Å². The quantitative estimate of drug-likeness (QED) is 0.768. The number of benzene rings is 1. The molecule has 0 fully saturated rings. The molecule has 0 amide bonds. The first-order valence-electron chi connectivity index (χ1n) is 7.56. The largest absolute Gasteiger partial charge is 0.490 e. The Labute approximate surface area is 123 Å². The van der Waals surface area contributed by atoms with E-state index in [1.165, 1.54) is 0 Å². The summed E-state index contributed by atoms with van der Waals surface area (Å²) in [5.41, 5.74) is 2.22. The van der Waals surface area contributed by atoms with Crippen LogP contribution in [0.2, 0.25) is 0 Å². The fraction of sp³-hybridized carbons (Fsp3) is 0.647. The molecule has 0 spiro atoms. The first kappa shape index (κ1) is 17.0. The first-order valence-corrected chi connectivity index (χ1v) is 7.56. The second-order valence-electron chi connectivity index (χ2n) is 5.77. The van der Waals surface area contributed by atoms with Crippen LogP contribution < -0.4 is 10.1 Å². The predicted molar refractivity (Wildman–Crippen MR) is 84.3 cm³/mol. The summed E-state index contributed by atoms with van der Waals surface area (Å²) in [6.07, 6.45) is 0.656. The number of nitrogens with one attached hydrogen (secondary N) is 1. The number of aryl methyl sites for hydroxylation is 2. The van der Waals surface area contributed by atoms with Gasteiger partial charge in [-0.05, 0) is 37.8 Å². The molecule has 0 aliphatic rings. The van der Waals surface area contributed by atoms with Crippen molar-refractivity contribution < 1.29 is 9.84 Å². The zero-order chi connectivity index (χ0) is 15.1. The molecule has 0 aliphatic heterocycles. The highest BCUT2D eigenvalue weighted by molar-refractivity contribution is 5.39. The number of rotatable bonds is 8. The molecule has 0 aromatic heterocycles. The number of ether oxygens (including phenoxy) is 1. The Morgan fingerprint density at radius 2 is 1.80 bits per heavy atom. The van der Waals surface area contributed by atoms with E-state index in [9.17, 15) is 5.11 Å². The average Bonchev–Trinajstić information content (AvgIpc) is 2.43. The SMILES string of the molecule is CCC(C)C(C)NCC(O)COc1c(C)cccc1C. The molecule has 3 unspecified atom stereocenters. The van der Waals surface area contributed by atoms with E-state index in [0.717, 1.165) is 23.3 Å². The maximum Gasteiger partial charge on any atom is 0.125 e. The lowest BCUT2D eigenvalue weighted by atomic mass is 10.0. The standard InChI is InChI=1S/C17H29NO2/c1-6-12(2)15(5)18-10-16(19)11-20-17-13(3)8-7-9-14(17)4/h7-9,12,15-16,18-19H,6,10-11H2,1-5H3. The van der Waals surface area contributed by atoms with E-state index in [2.05, 4.69) is 26.1 Å². The lowest BCUT2D eigenvalue weighted by Crippen LogP contribution is -2.39. The molecule has 0 saturated heterocycles. The van der Waals surface area contributed by atoms with Crippen molar-refractivity contribution in [2.45, 2.75) is 53.2 Å². The maximum atomic E-state index is 10.0. The highest BCUT2D eigenvalue weighted by Crippen LogP contribution is 2.22. The molecule has 0 aliphatic carbocycles. The summed E-state index contributed by atoms with van der Waals surface area (Å²) in [7, 11) is 0. The third-order valence-corrected chi connectivity index (χ3v) is 4.00. The van der Waals surface area contributed by atoms with E-state index in [4.69, 9.17) is 4.74 Å². The topological polar surface area (TPSA) is 41.5 Å². The molecule has 3 heteroatoms. The van der Waals surface area contributed by atoms with Gasteiger partial charge in [-0.25, -0.2) is 0 Å². The fourth-order valence-electron chi connectivity index (χ4n) is 2.14. The van der Waals surface area contributed by atoms with Gasteiger partial charge in [-0.2, -0.15) is 0 Å². The number of para-hydroxylation sites is 1. The molecule has 1 rings (SSSR count). The molecule has 0 radical (unpaired) electrons. The van der Waals surface area contributed by atoms with Crippen molar-refractivity contribution in [3.8, 4) is 5.75 Å². The number of aliphatic hydroxyl groups is 1. The third kappa shape index (κ3) is 5.14. The minimum absolute atomic E-state index is 0.325. The van der Waals surface area contributed by atoms with E-state index in [0.29, 0.717) is 25.1 Å². The van der Waals surface area contributed by atoms with Crippen LogP contribution in [0.25, 0.3) is 0 Å². The Balaban J connectivity index is 2.38. The normalized spacial score (nSPS) is 15.7. The summed E-state index contributed by atoms with van der Waals surface area (Å²) in [6, 6.07) is 6.48. The van der Waals surface area contributed by atoms with Crippen LogP contribution in [0.4, 0.5) is 0 Å². The van der Waals surface area contributed by atoms with Crippen LogP contribution in [0.1, 0.15) is 38.3 Å². The van der Waals surface area contributed by atoms with Crippen molar-refractivity contribution in [3.05, 3.63) is 29.3 Å². The second-order valence-corrected chi connectivity index (χ2v) is 5.77. The average molecular weight is 279 g/mol. The zero-order valence-corrected chi connectivity index (χ0v) is 13.4. The monoisotopic (exact) mass is 279 g/mol. The van der Waals surface area contributed by atoms with Gasteiger partial charge in [0.05, 0.1) is 0 Å². The number of hydrogen-bond donors (Lipinski definition) is 2. The summed E-state index contributed by atoms with van der Waals surface area (Å²) >= 11 is 0. The van der Waals surface area contributed by atoms with Gasteiger partial charge in [-0.3, -0.25) is 0 Å². The van der Waals surface area contributed by atoms with E-state index in [1.807, 2.05) is 32.0 Å². The Kier molecular flexibility index (Phi) is 7.03. The molecular formula is C17H29NO2. The Morgan fingerprint density at radius 1 is 1.20 bits per heavy atom. The van der Waals surface area contributed by atoms with Crippen LogP contribution in [-0.4, -0.2) is 30.4 Å². The van der Waals surface area contributed by atoms with Crippen molar-refractivity contribution in [1.29, 1.82) is 0 Å². The van der Waals surface area contributed by atoms with Gasteiger partial charge in [0.1, 0.15) is 18.5 Å². The molecule has 1 aromatic carbocycles. The molecular weight excluding hydrogens is 250 g/mol. The van der Waals surface area contributed by atoms with Crippen LogP contribution >= 0.6 is 0 Å². The first-order chi connectivity index (χ1) is 9.45. The van der Waals surface area contributed by atoms with Crippen LogP contribution in [0.5, 0.6) is 5.75 Å². The summed E-state index contributed by atoms with van der Waals surface area (Å²) in [6.45, 7) is 11.5. The Morgan fingerprint density at radius 3 is 2.35 bits per heavy atom. The van der Waals surface area contributed by atoms with Gasteiger partial charge < -0.3 is 15.2 Å². The van der Waals surface area contributed by atoms with E-state index in [1.54, 1.807) is 0 Å². The molecule has 1 aromatic rings. The third-order valence-electron chi connectivity index (χ3n) is 4.00. The van der Waals surface area contributed by atoms with Crippen molar-refractivity contribution in [3.63, 3.8) is 0 Å². The van der Waals surface area contributed by atoms with Crippen molar-refractivity contribution >= 4 is 0 Å². The van der Waals surface area contributed by atoms with Crippen molar-refractivity contribution in [2.24, 2.45) is 5.92 Å². The molecule has 114 valence electrons. The van der Waals surface area contributed by atoms with Crippen LogP contribution in [0, 0.1) is 19.8 Å². The summed E-state index contributed by atoms with van der Waals surface area (Å²) in [5, 5.41) is 13.4. The zero-order valence-electron chi connectivity index (χ0n) is 13.4. The van der Waals surface area contributed by atoms with Gasteiger partial charge in [0.2, 0.25) is 0 Å². The summed E-state index contributed by atoms with van der Waals surface area (Å²) < 4.78 is 5.76. The van der Waals surface area contributed by atoms with Crippen LogP contribution in [0.15, 0.2) is 18.2 Å². The predicted octanol–water partition coefficient (Wildman–Crippen LogP) is 3.07. The van der Waals surface area contributed by atoms with Crippen LogP contribution in [-0.2, 0) is 0 Å². The molecule has 3 nitrogen and oxygen atoms in total. The number of hydrogen-bond acceptors (Lipinski definition) is 3. The van der Waals surface area contributed by atoms with Crippen molar-refractivity contribution in [2.75, 3.05) is 13.2 Å². The number of aliphatic hydroxyl groups excluding tert-OH is 1. The molecule has 2 N–H and O–H groups in total. The summed E-state index contributed by atoms with van der Waals surface area (Å²) in [5.74, 6) is 1.50. The molecule has 20 heavy (non-hydrogen) atoms. The van der Waals surface area contributed by atoms with Gasteiger partial charge in [-0.1, -0.05) is 38.5 Å². The van der Waals surface area contributed by atoms with E-state index < -0.39 is 6.10 Å². The highest BCUT2D eigenvalue weighted by atomic mass is 16.5. The fourth-order valence-corrected chi connectivity index (χ4v) is 2.14. The summed E-state index contributed by atoms with van der Waals surface area (Å²) in [4.78, 5) is 0. The van der Waals surface area contributed by atoms with Gasteiger partial charge in [0.15, 0.2) is 0 Å². The molecule has 0 bridgehead atoms. The van der Waals surface area contributed by atoms with E-state index in [-0.39, 0.29) is 0 Å². The lowest BCUT2D eigenvalue weighted by Gasteiger charge is -2.22. The lowest BCUT2D eigenvalue weighted by molar-refractivity contribution is 0.101. The second kappa shape index (κ2) is 8.28. The Bertz CT molecular complexity index is 386. The minimum Gasteiger partial charge on any atom is -0.490 e. The Hall–Kier alpha value is -1.06. The molecule has 3 atom stereocenters. The smallest absolute Gasteiger partial charge is 0.125 e. The highest BCUT2D eigenvalue weighted by Gasteiger charge is 2.13. The van der Waals surface area contributed by atoms with Gasteiger partial charge in [0.25, 0.3) is 0 Å². The van der Waals surface area contributed by atoms with E-state index >= 15 is 0 Å². The van der Waals surface area contributed by atoms with Gasteiger partial charge >= 0.3 is 0 Å². The van der Waals surface area contributed by atoms with Crippen LogP contribution in [0.3, 0.4) is 0 Å². The molecule has 0 saturated carbocycles.